The smallest absolute Gasteiger partial charge is 0.0999 e. The minimum atomic E-state index is 0.408. The van der Waals surface area contributed by atoms with Crippen LogP contribution < -0.4 is 5.32 Å². The van der Waals surface area contributed by atoms with E-state index in [-0.39, 0.29) is 0 Å². The molecule has 31 heavy (non-hydrogen) atoms. The Balaban J connectivity index is 1.44. The van der Waals surface area contributed by atoms with Gasteiger partial charge >= 0.3 is 0 Å². The van der Waals surface area contributed by atoms with E-state index in [1.54, 1.807) is 0 Å². The van der Waals surface area contributed by atoms with Gasteiger partial charge in [0.1, 0.15) is 0 Å². The molecule has 0 aliphatic carbocycles. The molecule has 0 bridgehead atoms. The molecule has 0 spiro atoms. The summed E-state index contributed by atoms with van der Waals surface area (Å²) in [5, 5.41) is 17.2. The highest BCUT2D eigenvalue weighted by atomic mass is 15.3. The van der Waals surface area contributed by atoms with Gasteiger partial charge in [-0.1, -0.05) is 13.8 Å². The molecule has 162 valence electrons. The lowest BCUT2D eigenvalue weighted by Gasteiger charge is -2.12. The lowest BCUT2D eigenvalue weighted by atomic mass is 10.1. The van der Waals surface area contributed by atoms with Gasteiger partial charge in [0.05, 0.1) is 47.7 Å². The monoisotopic (exact) mass is 418 g/mol. The molecule has 0 aromatic carbocycles. The van der Waals surface area contributed by atoms with Gasteiger partial charge in [0.25, 0.3) is 0 Å². The second-order valence-electron chi connectivity index (χ2n) is 8.39. The Hall–Kier alpha value is -3.00. The maximum Gasteiger partial charge on any atom is 0.0999 e. The first-order valence-electron chi connectivity index (χ1n) is 11.4. The van der Waals surface area contributed by atoms with Gasteiger partial charge < -0.3 is 5.32 Å². The summed E-state index contributed by atoms with van der Waals surface area (Å²) in [5.41, 5.74) is 4.76. The van der Waals surface area contributed by atoms with Crippen molar-refractivity contribution in [1.29, 1.82) is 0 Å². The molecule has 8 nitrogen and oxygen atoms in total. The molecule has 8 heteroatoms. The predicted octanol–water partition coefficient (Wildman–Crippen LogP) is 3.96. The van der Waals surface area contributed by atoms with Gasteiger partial charge in [-0.15, -0.1) is 0 Å². The molecule has 0 radical (unpaired) electrons. The van der Waals surface area contributed by atoms with Crippen LogP contribution in [0.1, 0.15) is 52.0 Å². The van der Waals surface area contributed by atoms with E-state index in [0.29, 0.717) is 12.1 Å². The van der Waals surface area contributed by atoms with Gasteiger partial charge in [-0.25, -0.2) is 9.50 Å². The average molecular weight is 419 g/mol. The topological polar surface area (TPSA) is 77.9 Å². The molecule has 5 rings (SSSR count). The van der Waals surface area contributed by atoms with Crippen molar-refractivity contribution in [2.45, 2.75) is 64.6 Å². The molecule has 1 fully saturated rings. The van der Waals surface area contributed by atoms with E-state index in [9.17, 15) is 0 Å². The van der Waals surface area contributed by atoms with E-state index < -0.39 is 0 Å². The molecule has 5 heterocycles. The van der Waals surface area contributed by atoms with Crippen molar-refractivity contribution >= 4 is 5.52 Å². The number of fused-ring (bicyclic) bond motifs is 1. The molecule has 4 aromatic rings. The van der Waals surface area contributed by atoms with Crippen LogP contribution in [0.2, 0.25) is 0 Å². The number of hydrogen-bond acceptors (Lipinski definition) is 5. The minimum absolute atomic E-state index is 0.408. The Morgan fingerprint density at radius 2 is 1.94 bits per heavy atom. The number of rotatable bonds is 8. The van der Waals surface area contributed by atoms with Crippen molar-refractivity contribution in [2.75, 3.05) is 6.54 Å². The Kier molecular flexibility index (Phi) is 5.55. The summed E-state index contributed by atoms with van der Waals surface area (Å²) in [6.45, 7) is 6.45. The number of nitrogens with zero attached hydrogens (tertiary/aromatic N) is 7. The molecule has 1 unspecified atom stereocenters. The highest BCUT2D eigenvalue weighted by molar-refractivity contribution is 5.78. The van der Waals surface area contributed by atoms with Crippen LogP contribution >= 0.6 is 0 Å². The highest BCUT2D eigenvalue weighted by Crippen LogP contribution is 2.28. The summed E-state index contributed by atoms with van der Waals surface area (Å²) in [6.07, 6.45) is 17.6. The standard InChI is InChI=1S/C23H30N8/c1-3-20(4-2)30-15-18(13-27-30)23-22-7-10-25-31(22)16-21(28-23)17-12-26-29(14-17)11-8-19-6-5-9-24-19/h7,10,12-16,19-20,24H,3-6,8-9,11H2,1-2H3. The number of aromatic nitrogens is 7. The fraction of sp³-hybridized carbons (Fsp3) is 0.478. The molecular weight excluding hydrogens is 388 g/mol. The number of hydrogen-bond donors (Lipinski definition) is 1. The van der Waals surface area contributed by atoms with Crippen molar-refractivity contribution in [2.24, 2.45) is 0 Å². The van der Waals surface area contributed by atoms with Crippen molar-refractivity contribution < 1.29 is 0 Å². The van der Waals surface area contributed by atoms with E-state index in [1.807, 2.05) is 40.1 Å². The van der Waals surface area contributed by atoms with Crippen LogP contribution in [0.15, 0.2) is 43.2 Å². The largest absolute Gasteiger partial charge is 0.314 e. The van der Waals surface area contributed by atoms with E-state index in [2.05, 4.69) is 51.5 Å². The van der Waals surface area contributed by atoms with Crippen LogP contribution in [0, 0.1) is 0 Å². The average Bonchev–Trinajstić information content (AvgIpc) is 3.59. The van der Waals surface area contributed by atoms with Crippen LogP contribution in [-0.4, -0.2) is 46.7 Å². The summed E-state index contributed by atoms with van der Waals surface area (Å²) < 4.78 is 5.98. The SMILES string of the molecule is CCC(CC)n1cc(-c2nc(-c3cnn(CCC4CCCN4)c3)cn3nccc23)cn1. The van der Waals surface area contributed by atoms with Gasteiger partial charge in [0.15, 0.2) is 0 Å². The van der Waals surface area contributed by atoms with Crippen LogP contribution in [0.4, 0.5) is 0 Å². The lowest BCUT2D eigenvalue weighted by molar-refractivity contribution is 0.428. The third-order valence-corrected chi connectivity index (χ3v) is 6.38. The van der Waals surface area contributed by atoms with Gasteiger partial charge in [-0.2, -0.15) is 15.3 Å². The molecule has 1 saturated heterocycles. The third kappa shape index (κ3) is 3.99. The first kappa shape index (κ1) is 19.9. The minimum Gasteiger partial charge on any atom is -0.314 e. The molecule has 1 aliphatic rings. The fourth-order valence-corrected chi connectivity index (χ4v) is 4.51. The molecule has 1 atom stereocenters. The zero-order valence-electron chi connectivity index (χ0n) is 18.3. The van der Waals surface area contributed by atoms with Crippen molar-refractivity contribution in [3.05, 3.63) is 43.2 Å². The second kappa shape index (κ2) is 8.63. The quantitative estimate of drug-likeness (QED) is 0.469. The molecule has 0 saturated carbocycles. The number of nitrogens with one attached hydrogen (secondary N) is 1. The van der Waals surface area contributed by atoms with Crippen LogP contribution in [0.25, 0.3) is 28.0 Å². The zero-order valence-corrected chi connectivity index (χ0v) is 18.3. The first-order chi connectivity index (χ1) is 15.2. The van der Waals surface area contributed by atoms with Gasteiger partial charge in [-0.05, 0) is 44.7 Å². The maximum absolute atomic E-state index is 5.01. The summed E-state index contributed by atoms with van der Waals surface area (Å²) in [7, 11) is 0. The van der Waals surface area contributed by atoms with Crippen LogP contribution in [-0.2, 0) is 6.54 Å². The Morgan fingerprint density at radius 3 is 2.74 bits per heavy atom. The highest BCUT2D eigenvalue weighted by Gasteiger charge is 2.17. The predicted molar refractivity (Wildman–Crippen MR) is 121 cm³/mol. The molecule has 1 N–H and O–H groups in total. The Morgan fingerprint density at radius 1 is 1.06 bits per heavy atom. The fourth-order valence-electron chi connectivity index (χ4n) is 4.51. The molecule has 4 aromatic heterocycles. The molecule has 1 aliphatic heterocycles. The molecule has 0 amide bonds. The van der Waals surface area contributed by atoms with E-state index in [4.69, 9.17) is 4.98 Å². The van der Waals surface area contributed by atoms with Gasteiger partial charge in [-0.3, -0.25) is 9.36 Å². The van der Waals surface area contributed by atoms with Crippen molar-refractivity contribution in [3.63, 3.8) is 0 Å². The van der Waals surface area contributed by atoms with Gasteiger partial charge in [0, 0.05) is 36.1 Å². The Bertz CT molecular complexity index is 1140. The summed E-state index contributed by atoms with van der Waals surface area (Å²) in [4.78, 5) is 5.01. The first-order valence-corrected chi connectivity index (χ1v) is 11.4. The van der Waals surface area contributed by atoms with E-state index in [0.717, 1.165) is 60.4 Å². The van der Waals surface area contributed by atoms with E-state index >= 15 is 0 Å². The summed E-state index contributed by atoms with van der Waals surface area (Å²) >= 11 is 0. The normalized spacial score (nSPS) is 16.7. The van der Waals surface area contributed by atoms with Crippen molar-refractivity contribution in [3.8, 4) is 22.5 Å². The maximum atomic E-state index is 5.01. The summed E-state index contributed by atoms with van der Waals surface area (Å²) in [5.74, 6) is 0. The zero-order chi connectivity index (χ0) is 21.2. The van der Waals surface area contributed by atoms with E-state index in [1.165, 1.54) is 12.8 Å². The van der Waals surface area contributed by atoms with Gasteiger partial charge in [0.2, 0.25) is 0 Å². The van der Waals surface area contributed by atoms with Crippen LogP contribution in [0.3, 0.4) is 0 Å². The number of aryl methyl sites for hydroxylation is 1. The van der Waals surface area contributed by atoms with Crippen molar-refractivity contribution in [1.82, 2.24) is 39.5 Å². The molecular formula is C23H30N8. The second-order valence-corrected chi connectivity index (χ2v) is 8.39. The third-order valence-electron chi connectivity index (χ3n) is 6.38. The lowest BCUT2D eigenvalue weighted by Crippen LogP contribution is -2.22. The Labute approximate surface area is 182 Å². The van der Waals surface area contributed by atoms with Crippen LogP contribution in [0.5, 0.6) is 0 Å². The summed E-state index contributed by atoms with van der Waals surface area (Å²) in [6, 6.07) is 3.02.